The molecule has 6 nitrogen and oxygen atoms in total. The third-order valence-electron chi connectivity index (χ3n) is 4.72. The van der Waals surface area contributed by atoms with E-state index in [-0.39, 0.29) is 18.7 Å². The van der Waals surface area contributed by atoms with Gasteiger partial charge in [0.25, 0.3) is 0 Å². The Morgan fingerprint density at radius 3 is 2.32 bits per heavy atom. The molecule has 0 aromatic heterocycles. The number of hydrogen-bond donors (Lipinski definition) is 1. The van der Waals surface area contributed by atoms with Crippen LogP contribution in [0.25, 0.3) is 0 Å². The number of alkyl halides is 3. The first-order chi connectivity index (χ1) is 14.7. The molecule has 1 N–H and O–H groups in total. The quantitative estimate of drug-likeness (QED) is 0.670. The van der Waals surface area contributed by atoms with E-state index in [4.69, 9.17) is 4.74 Å². The number of carbonyl (C=O) groups is 2. The first-order valence-corrected chi connectivity index (χ1v) is 9.55. The minimum atomic E-state index is -4.81. The molecular weight excluding hydrogens is 413 g/mol. The smallest absolute Gasteiger partial charge is 0.463 e. The summed E-state index contributed by atoms with van der Waals surface area (Å²) in [5.41, 5.74) is 1.91. The number of esters is 1. The van der Waals surface area contributed by atoms with Crippen molar-refractivity contribution in [2.75, 3.05) is 6.61 Å². The Labute approximate surface area is 177 Å². The molecule has 0 saturated heterocycles. The van der Waals surface area contributed by atoms with Crippen LogP contribution in [-0.2, 0) is 16.1 Å². The van der Waals surface area contributed by atoms with Crippen LogP contribution in [0.3, 0.4) is 0 Å². The predicted molar refractivity (Wildman–Crippen MR) is 106 cm³/mol. The highest BCUT2D eigenvalue weighted by Gasteiger charge is 2.37. The lowest BCUT2D eigenvalue weighted by Gasteiger charge is -2.35. The van der Waals surface area contributed by atoms with Crippen LogP contribution in [0.1, 0.15) is 31.0 Å². The van der Waals surface area contributed by atoms with Gasteiger partial charge in [-0.1, -0.05) is 42.5 Å². The summed E-state index contributed by atoms with van der Waals surface area (Å²) in [5.74, 6) is -1.01. The van der Waals surface area contributed by atoms with Crippen LogP contribution in [0.5, 0.6) is 5.75 Å². The van der Waals surface area contributed by atoms with Gasteiger partial charge in [-0.2, -0.15) is 0 Å². The van der Waals surface area contributed by atoms with Gasteiger partial charge in [-0.3, -0.25) is 4.90 Å². The molecule has 2 amide bonds. The maximum Gasteiger partial charge on any atom is 0.573 e. The molecule has 2 aromatic rings. The van der Waals surface area contributed by atoms with Gasteiger partial charge in [0.2, 0.25) is 0 Å². The molecule has 0 bridgehead atoms. The normalized spacial score (nSPS) is 16.7. The zero-order chi connectivity index (χ0) is 22.6. The Bertz CT molecular complexity index is 973. The molecule has 1 aliphatic heterocycles. The van der Waals surface area contributed by atoms with E-state index in [1.807, 2.05) is 30.3 Å². The number of nitrogens with zero attached hydrogens (tertiary/aromatic N) is 1. The summed E-state index contributed by atoms with van der Waals surface area (Å²) >= 11 is 0. The Morgan fingerprint density at radius 2 is 1.74 bits per heavy atom. The van der Waals surface area contributed by atoms with E-state index in [2.05, 4.69) is 10.1 Å². The number of urea groups is 1. The van der Waals surface area contributed by atoms with Crippen molar-refractivity contribution in [2.24, 2.45) is 0 Å². The zero-order valence-electron chi connectivity index (χ0n) is 16.9. The van der Waals surface area contributed by atoms with E-state index >= 15 is 0 Å². The lowest BCUT2D eigenvalue weighted by atomic mass is 9.94. The average Bonchev–Trinajstić information content (AvgIpc) is 2.71. The third-order valence-corrected chi connectivity index (χ3v) is 4.72. The molecule has 2 aromatic carbocycles. The lowest BCUT2D eigenvalue weighted by Crippen LogP contribution is -2.47. The molecule has 31 heavy (non-hydrogen) atoms. The second-order valence-corrected chi connectivity index (χ2v) is 6.79. The Hall–Kier alpha value is -3.49. The maximum atomic E-state index is 12.8. The minimum Gasteiger partial charge on any atom is -0.463 e. The van der Waals surface area contributed by atoms with E-state index in [1.165, 1.54) is 17.0 Å². The standard InChI is InChI=1S/C22H21F3N2O4/c1-3-30-20(28)18-14(2)27(13-15-7-5-4-6-8-15)21(29)26-19(18)16-9-11-17(12-10-16)31-22(23,24)25/h4-12,19H,3,13H2,1-2H3,(H,26,29). The summed E-state index contributed by atoms with van der Waals surface area (Å²) in [6.07, 6.45) is -4.81. The largest absolute Gasteiger partial charge is 0.573 e. The molecule has 164 valence electrons. The number of amides is 2. The Kier molecular flexibility index (Phi) is 6.53. The number of rotatable bonds is 6. The third kappa shape index (κ3) is 5.36. The van der Waals surface area contributed by atoms with Gasteiger partial charge in [0.05, 0.1) is 24.8 Å². The van der Waals surface area contributed by atoms with Gasteiger partial charge in [0.1, 0.15) is 5.75 Å². The van der Waals surface area contributed by atoms with Crippen LogP contribution in [0, 0.1) is 0 Å². The van der Waals surface area contributed by atoms with E-state index in [0.717, 1.165) is 17.7 Å². The summed E-state index contributed by atoms with van der Waals surface area (Å²) in [6.45, 7) is 3.68. The number of halogens is 3. The summed E-state index contributed by atoms with van der Waals surface area (Å²) in [5, 5.41) is 2.76. The van der Waals surface area contributed by atoms with Crippen LogP contribution in [0.15, 0.2) is 65.9 Å². The number of allylic oxidation sites excluding steroid dienone is 1. The fourth-order valence-corrected chi connectivity index (χ4v) is 3.32. The van der Waals surface area contributed by atoms with Gasteiger partial charge in [0.15, 0.2) is 0 Å². The summed E-state index contributed by atoms with van der Waals surface area (Å²) in [7, 11) is 0. The van der Waals surface area contributed by atoms with Crippen molar-refractivity contribution in [3.8, 4) is 5.75 Å². The number of ether oxygens (including phenoxy) is 2. The zero-order valence-corrected chi connectivity index (χ0v) is 16.9. The van der Waals surface area contributed by atoms with Gasteiger partial charge < -0.3 is 14.8 Å². The van der Waals surface area contributed by atoms with E-state index in [0.29, 0.717) is 11.3 Å². The van der Waals surface area contributed by atoms with E-state index < -0.39 is 30.2 Å². The lowest BCUT2D eigenvalue weighted by molar-refractivity contribution is -0.274. The topological polar surface area (TPSA) is 67.9 Å². The second-order valence-electron chi connectivity index (χ2n) is 6.79. The predicted octanol–water partition coefficient (Wildman–Crippen LogP) is 4.69. The molecular formula is C22H21F3N2O4. The molecule has 0 saturated carbocycles. The Balaban J connectivity index is 1.96. The monoisotopic (exact) mass is 434 g/mol. The van der Waals surface area contributed by atoms with Gasteiger partial charge in [-0.25, -0.2) is 9.59 Å². The maximum absolute atomic E-state index is 12.8. The number of benzene rings is 2. The van der Waals surface area contributed by atoms with Gasteiger partial charge in [-0.15, -0.1) is 13.2 Å². The Morgan fingerprint density at radius 1 is 1.10 bits per heavy atom. The average molecular weight is 434 g/mol. The van der Waals surface area contributed by atoms with Crippen LogP contribution >= 0.6 is 0 Å². The van der Waals surface area contributed by atoms with Gasteiger partial charge in [0, 0.05) is 5.70 Å². The highest BCUT2D eigenvalue weighted by atomic mass is 19.4. The minimum absolute atomic E-state index is 0.132. The molecule has 1 aliphatic rings. The van der Waals surface area contributed by atoms with Crippen molar-refractivity contribution < 1.29 is 32.2 Å². The van der Waals surface area contributed by atoms with Crippen LogP contribution in [-0.4, -0.2) is 29.9 Å². The number of carbonyl (C=O) groups excluding carboxylic acids is 2. The molecule has 1 heterocycles. The second kappa shape index (κ2) is 9.11. The van der Waals surface area contributed by atoms with Crippen molar-refractivity contribution >= 4 is 12.0 Å². The molecule has 1 unspecified atom stereocenters. The first kappa shape index (κ1) is 22.2. The fraction of sp³-hybridized carbons (Fsp3) is 0.273. The molecule has 1 atom stereocenters. The molecule has 3 rings (SSSR count). The first-order valence-electron chi connectivity index (χ1n) is 9.55. The van der Waals surface area contributed by atoms with Crippen molar-refractivity contribution in [1.82, 2.24) is 10.2 Å². The molecule has 9 heteroatoms. The molecule has 0 aliphatic carbocycles. The van der Waals surface area contributed by atoms with Crippen molar-refractivity contribution in [1.29, 1.82) is 0 Å². The SMILES string of the molecule is CCOC(=O)C1=C(C)N(Cc2ccccc2)C(=O)NC1c1ccc(OC(F)(F)F)cc1. The molecule has 0 radical (unpaired) electrons. The van der Waals surface area contributed by atoms with E-state index in [9.17, 15) is 22.8 Å². The van der Waals surface area contributed by atoms with Crippen LogP contribution < -0.4 is 10.1 Å². The number of nitrogens with one attached hydrogen (secondary N) is 1. The molecule has 0 spiro atoms. The van der Waals surface area contributed by atoms with Crippen LogP contribution in [0.2, 0.25) is 0 Å². The van der Waals surface area contributed by atoms with Gasteiger partial charge >= 0.3 is 18.4 Å². The van der Waals surface area contributed by atoms with Crippen LogP contribution in [0.4, 0.5) is 18.0 Å². The number of hydrogen-bond acceptors (Lipinski definition) is 4. The van der Waals surface area contributed by atoms with Crippen molar-refractivity contribution in [2.45, 2.75) is 32.8 Å². The summed E-state index contributed by atoms with van der Waals surface area (Å²) in [6, 6.07) is 12.9. The van der Waals surface area contributed by atoms with Crippen molar-refractivity contribution in [3.05, 3.63) is 77.0 Å². The molecule has 0 fully saturated rings. The van der Waals surface area contributed by atoms with E-state index in [1.54, 1.807) is 13.8 Å². The summed E-state index contributed by atoms with van der Waals surface area (Å²) < 4.78 is 46.3. The summed E-state index contributed by atoms with van der Waals surface area (Å²) in [4.78, 5) is 27.0. The highest BCUT2D eigenvalue weighted by Crippen LogP contribution is 2.33. The fourth-order valence-electron chi connectivity index (χ4n) is 3.32. The van der Waals surface area contributed by atoms with Gasteiger partial charge in [-0.05, 0) is 37.1 Å². The highest BCUT2D eigenvalue weighted by molar-refractivity contribution is 5.95. The van der Waals surface area contributed by atoms with Crippen molar-refractivity contribution in [3.63, 3.8) is 0 Å².